The van der Waals surface area contributed by atoms with Crippen molar-refractivity contribution in [2.24, 2.45) is 5.92 Å². The van der Waals surface area contributed by atoms with Gasteiger partial charge in [-0.1, -0.05) is 76.2 Å². The molecular weight excluding hydrogens is 458 g/mol. The number of carbonyl (C=O) groups is 1. The highest BCUT2D eigenvalue weighted by atomic mass is 16.3. The monoisotopic (exact) mass is 505 g/mol. The normalized spacial score (nSPS) is 19.8. The first kappa shape index (κ1) is 28.9. The predicted molar refractivity (Wildman–Crippen MR) is 156 cm³/mol. The molecule has 2 aromatic carbocycles. The summed E-state index contributed by atoms with van der Waals surface area (Å²) in [5.41, 5.74) is 4.07. The largest absolute Gasteiger partial charge is 0.392 e. The molecule has 1 amide bonds. The zero-order valence-electron chi connectivity index (χ0n) is 23.3. The summed E-state index contributed by atoms with van der Waals surface area (Å²) >= 11 is 0. The SMILES string of the molecule is CC.CC.O=C(/C=C/c1ccccc1)N1CCC(C(O)CN2CCC3(CC2)CNc2ccccc23)CC1. The van der Waals surface area contributed by atoms with Crippen LogP contribution in [-0.4, -0.2) is 66.2 Å². The van der Waals surface area contributed by atoms with Crippen LogP contribution in [-0.2, 0) is 10.2 Å². The predicted octanol–water partition coefficient (Wildman–Crippen LogP) is 5.81. The van der Waals surface area contributed by atoms with Crippen LogP contribution in [0.25, 0.3) is 6.08 Å². The summed E-state index contributed by atoms with van der Waals surface area (Å²) in [4.78, 5) is 16.9. The standard InChI is InChI=1S/C28H35N3O2.2C2H6/c32-26(20-30-18-14-28(15-19-30)21-29-25-9-5-4-8-24(25)28)23-12-16-31(17-13-23)27(33)11-10-22-6-2-1-3-7-22;2*1-2/h1-11,23,26,29,32H,12-21H2;2*1-2H3/b11-10+;;. The van der Waals surface area contributed by atoms with Crippen molar-refractivity contribution in [3.05, 3.63) is 71.8 Å². The first-order valence-corrected chi connectivity index (χ1v) is 14.4. The minimum Gasteiger partial charge on any atom is -0.392 e. The Morgan fingerprint density at radius 3 is 2.27 bits per heavy atom. The molecule has 3 aliphatic heterocycles. The van der Waals surface area contributed by atoms with Crippen LogP contribution in [0.1, 0.15) is 64.5 Å². The number of aliphatic hydroxyl groups excluding tert-OH is 1. The molecule has 0 aliphatic carbocycles. The van der Waals surface area contributed by atoms with Crippen LogP contribution >= 0.6 is 0 Å². The number of hydrogen-bond donors (Lipinski definition) is 2. The van der Waals surface area contributed by atoms with Crippen LogP contribution in [0.2, 0.25) is 0 Å². The zero-order valence-corrected chi connectivity index (χ0v) is 23.3. The molecule has 5 nitrogen and oxygen atoms in total. The van der Waals surface area contributed by atoms with Gasteiger partial charge in [0, 0.05) is 43.4 Å². The molecule has 2 fully saturated rings. The van der Waals surface area contributed by atoms with E-state index in [2.05, 4.69) is 34.5 Å². The first-order chi connectivity index (χ1) is 18.1. The number of rotatable bonds is 5. The van der Waals surface area contributed by atoms with Gasteiger partial charge >= 0.3 is 0 Å². The number of piperidine rings is 2. The number of hydrogen-bond acceptors (Lipinski definition) is 4. The Hall–Kier alpha value is -2.63. The van der Waals surface area contributed by atoms with Crippen molar-refractivity contribution in [1.29, 1.82) is 0 Å². The Kier molecular flexibility index (Phi) is 11.2. The number of aliphatic hydroxyl groups is 1. The number of nitrogens with one attached hydrogen (secondary N) is 1. The molecule has 2 N–H and O–H groups in total. The Balaban J connectivity index is 0.000000907. The summed E-state index contributed by atoms with van der Waals surface area (Å²) in [6.07, 6.45) is 7.28. The molecule has 5 rings (SSSR count). The highest BCUT2D eigenvalue weighted by Gasteiger charge is 2.41. The minimum atomic E-state index is -0.315. The number of nitrogens with zero attached hydrogens (tertiary/aromatic N) is 2. The van der Waals surface area contributed by atoms with Crippen molar-refractivity contribution in [2.75, 3.05) is 44.6 Å². The molecular formula is C32H47N3O2. The quantitative estimate of drug-likeness (QED) is 0.504. The second kappa shape index (κ2) is 14.3. The van der Waals surface area contributed by atoms with E-state index in [1.165, 1.54) is 11.3 Å². The third kappa shape index (κ3) is 7.24. The summed E-state index contributed by atoms with van der Waals surface area (Å²) in [5.74, 6) is 0.343. The fourth-order valence-corrected chi connectivity index (χ4v) is 5.82. The Bertz CT molecular complexity index is 975. The van der Waals surface area contributed by atoms with Gasteiger partial charge < -0.3 is 20.2 Å². The summed E-state index contributed by atoms with van der Waals surface area (Å²) in [6.45, 7) is 13.3. The van der Waals surface area contributed by atoms with E-state index in [1.807, 2.05) is 69.0 Å². The third-order valence-corrected chi connectivity index (χ3v) is 7.99. The zero-order chi connectivity index (χ0) is 26.7. The maximum absolute atomic E-state index is 12.5. The molecule has 3 heterocycles. The molecule has 1 spiro atoms. The van der Waals surface area contributed by atoms with Crippen LogP contribution < -0.4 is 5.32 Å². The fraction of sp³-hybridized carbons (Fsp3) is 0.531. The van der Waals surface area contributed by atoms with Crippen LogP contribution in [0.5, 0.6) is 0 Å². The second-order valence-electron chi connectivity index (χ2n) is 9.95. The molecule has 2 aromatic rings. The third-order valence-electron chi connectivity index (χ3n) is 7.99. The van der Waals surface area contributed by atoms with E-state index in [1.54, 1.807) is 6.08 Å². The summed E-state index contributed by atoms with van der Waals surface area (Å²) in [6, 6.07) is 18.6. The van der Waals surface area contributed by atoms with Gasteiger partial charge in [-0.2, -0.15) is 0 Å². The van der Waals surface area contributed by atoms with Crippen LogP contribution in [0, 0.1) is 5.92 Å². The highest BCUT2D eigenvalue weighted by molar-refractivity contribution is 5.91. The lowest BCUT2D eigenvalue weighted by Crippen LogP contribution is -2.48. The lowest BCUT2D eigenvalue weighted by molar-refractivity contribution is -0.128. The van der Waals surface area contributed by atoms with E-state index < -0.39 is 0 Å². The molecule has 5 heteroatoms. The van der Waals surface area contributed by atoms with Crippen molar-refractivity contribution >= 4 is 17.7 Å². The van der Waals surface area contributed by atoms with Crippen molar-refractivity contribution in [1.82, 2.24) is 9.80 Å². The van der Waals surface area contributed by atoms with Crippen molar-refractivity contribution in [2.45, 2.75) is 64.9 Å². The number of likely N-dealkylation sites (tertiary alicyclic amines) is 2. The minimum absolute atomic E-state index is 0.0681. The van der Waals surface area contributed by atoms with Gasteiger partial charge in [-0.25, -0.2) is 0 Å². The fourth-order valence-electron chi connectivity index (χ4n) is 5.82. The van der Waals surface area contributed by atoms with E-state index >= 15 is 0 Å². The average molecular weight is 506 g/mol. The molecule has 37 heavy (non-hydrogen) atoms. The number of benzene rings is 2. The Morgan fingerprint density at radius 2 is 1.59 bits per heavy atom. The van der Waals surface area contributed by atoms with Gasteiger partial charge in [0.15, 0.2) is 0 Å². The van der Waals surface area contributed by atoms with Gasteiger partial charge in [-0.15, -0.1) is 0 Å². The van der Waals surface area contributed by atoms with Crippen molar-refractivity contribution < 1.29 is 9.90 Å². The van der Waals surface area contributed by atoms with E-state index in [0.29, 0.717) is 0 Å². The van der Waals surface area contributed by atoms with Gasteiger partial charge in [0.2, 0.25) is 5.91 Å². The summed E-state index contributed by atoms with van der Waals surface area (Å²) in [5, 5.41) is 14.5. The topological polar surface area (TPSA) is 55.8 Å². The van der Waals surface area contributed by atoms with Gasteiger partial charge in [0.05, 0.1) is 6.10 Å². The lowest BCUT2D eigenvalue weighted by atomic mass is 9.74. The van der Waals surface area contributed by atoms with Gasteiger partial charge in [0.1, 0.15) is 0 Å². The van der Waals surface area contributed by atoms with Crippen LogP contribution in [0.15, 0.2) is 60.7 Å². The second-order valence-corrected chi connectivity index (χ2v) is 9.95. The van der Waals surface area contributed by atoms with E-state index in [-0.39, 0.29) is 23.3 Å². The molecule has 3 aliphatic rings. The molecule has 2 saturated heterocycles. The number of carbonyl (C=O) groups excluding carboxylic acids is 1. The van der Waals surface area contributed by atoms with Crippen molar-refractivity contribution in [3.8, 4) is 0 Å². The van der Waals surface area contributed by atoms with E-state index in [0.717, 1.165) is 70.5 Å². The number of para-hydroxylation sites is 1. The maximum atomic E-state index is 12.5. The molecule has 0 radical (unpaired) electrons. The maximum Gasteiger partial charge on any atom is 0.246 e. The van der Waals surface area contributed by atoms with Crippen LogP contribution in [0.3, 0.4) is 0 Å². The summed E-state index contributed by atoms with van der Waals surface area (Å²) in [7, 11) is 0. The van der Waals surface area contributed by atoms with E-state index in [4.69, 9.17) is 0 Å². The average Bonchev–Trinajstić information content (AvgIpc) is 3.33. The number of β-amino-alcohol motifs (C(OH)–C–C–N with tert-alkyl or cyclic N) is 1. The Morgan fingerprint density at radius 1 is 0.973 bits per heavy atom. The molecule has 1 atom stereocenters. The number of amides is 1. The van der Waals surface area contributed by atoms with Gasteiger partial charge in [-0.3, -0.25) is 4.79 Å². The lowest BCUT2D eigenvalue weighted by Gasteiger charge is -2.41. The molecule has 1 unspecified atom stereocenters. The molecule has 0 bridgehead atoms. The number of anilines is 1. The van der Waals surface area contributed by atoms with Gasteiger partial charge in [0.25, 0.3) is 0 Å². The van der Waals surface area contributed by atoms with Gasteiger partial charge in [-0.05, 0) is 68.0 Å². The smallest absolute Gasteiger partial charge is 0.246 e. The van der Waals surface area contributed by atoms with Crippen molar-refractivity contribution in [3.63, 3.8) is 0 Å². The summed E-state index contributed by atoms with van der Waals surface area (Å²) < 4.78 is 0. The van der Waals surface area contributed by atoms with E-state index in [9.17, 15) is 9.90 Å². The number of fused-ring (bicyclic) bond motifs is 2. The first-order valence-electron chi connectivity index (χ1n) is 14.4. The molecule has 0 aromatic heterocycles. The Labute approximate surface area is 224 Å². The van der Waals surface area contributed by atoms with Crippen LogP contribution in [0.4, 0.5) is 5.69 Å². The highest BCUT2D eigenvalue weighted by Crippen LogP contribution is 2.43. The molecule has 202 valence electrons. The molecule has 0 saturated carbocycles.